The molecule has 0 amide bonds. The van der Waals surface area contributed by atoms with Crippen LogP contribution in [0.3, 0.4) is 0 Å². The first-order chi connectivity index (χ1) is 7.99. The number of nitrogens with one attached hydrogen (secondary N) is 1. The van der Waals surface area contributed by atoms with Crippen LogP contribution in [0.15, 0.2) is 0 Å². The molecule has 1 fully saturated rings. The maximum Gasteiger partial charge on any atom is 0.0791 e. The van der Waals surface area contributed by atoms with Gasteiger partial charge in [0.05, 0.1) is 6.10 Å². The summed E-state index contributed by atoms with van der Waals surface area (Å²) < 4.78 is 0. The van der Waals surface area contributed by atoms with Crippen LogP contribution in [-0.2, 0) is 0 Å². The van der Waals surface area contributed by atoms with Crippen LogP contribution in [0.2, 0.25) is 0 Å². The Balaban J connectivity index is 2.17. The lowest BCUT2D eigenvalue weighted by molar-refractivity contribution is 0.0615. The number of aliphatic hydroxyl groups is 1. The molecule has 0 aliphatic carbocycles. The fraction of sp³-hybridized carbons (Fsp3) is 1.00. The summed E-state index contributed by atoms with van der Waals surface area (Å²) in [5.74, 6) is 0. The highest BCUT2D eigenvalue weighted by Crippen LogP contribution is 2.06. The molecular formula is C13H29N3O. The van der Waals surface area contributed by atoms with Crippen molar-refractivity contribution in [3.63, 3.8) is 0 Å². The van der Waals surface area contributed by atoms with Crippen molar-refractivity contribution in [1.29, 1.82) is 0 Å². The van der Waals surface area contributed by atoms with E-state index in [1.165, 1.54) is 0 Å². The van der Waals surface area contributed by atoms with Gasteiger partial charge in [0.1, 0.15) is 0 Å². The summed E-state index contributed by atoms with van der Waals surface area (Å²) in [5.41, 5.74) is 0. The van der Waals surface area contributed by atoms with Gasteiger partial charge in [-0.3, -0.25) is 9.80 Å². The van der Waals surface area contributed by atoms with Gasteiger partial charge in [0.25, 0.3) is 0 Å². The van der Waals surface area contributed by atoms with Crippen molar-refractivity contribution < 1.29 is 5.11 Å². The third-order valence-electron chi connectivity index (χ3n) is 3.37. The summed E-state index contributed by atoms with van der Waals surface area (Å²) in [6.45, 7) is 14.6. The highest BCUT2D eigenvalue weighted by molar-refractivity contribution is 4.76. The summed E-state index contributed by atoms with van der Waals surface area (Å²) in [4.78, 5) is 4.86. The standard InChI is InChI=1S/C13H29N3O/c1-11(2)14-9-13(17)10-15-5-7-16(8-6-15)12(3)4/h11-14,17H,5-10H2,1-4H3. The van der Waals surface area contributed by atoms with Gasteiger partial charge in [-0.25, -0.2) is 0 Å². The van der Waals surface area contributed by atoms with Crippen LogP contribution in [0.1, 0.15) is 27.7 Å². The number of nitrogens with zero attached hydrogens (tertiary/aromatic N) is 2. The molecule has 4 heteroatoms. The first-order valence-electron chi connectivity index (χ1n) is 6.87. The molecule has 1 atom stereocenters. The molecule has 1 saturated heterocycles. The van der Waals surface area contributed by atoms with E-state index >= 15 is 0 Å². The second kappa shape index (κ2) is 7.31. The Morgan fingerprint density at radius 3 is 2.12 bits per heavy atom. The second-order valence-electron chi connectivity index (χ2n) is 5.65. The van der Waals surface area contributed by atoms with Gasteiger partial charge in [-0.05, 0) is 13.8 Å². The van der Waals surface area contributed by atoms with E-state index in [0.717, 1.165) is 32.7 Å². The Hall–Kier alpha value is -0.160. The minimum Gasteiger partial charge on any atom is -0.390 e. The molecule has 0 aromatic carbocycles. The van der Waals surface area contributed by atoms with Gasteiger partial charge in [0.2, 0.25) is 0 Å². The Morgan fingerprint density at radius 2 is 1.65 bits per heavy atom. The minimum absolute atomic E-state index is 0.247. The summed E-state index contributed by atoms with van der Waals surface area (Å²) in [6.07, 6.45) is -0.247. The predicted octanol–water partition coefficient (Wildman–Crippen LogP) is 0.371. The van der Waals surface area contributed by atoms with Crippen LogP contribution < -0.4 is 5.32 Å². The molecular weight excluding hydrogens is 214 g/mol. The monoisotopic (exact) mass is 243 g/mol. The summed E-state index contributed by atoms with van der Waals surface area (Å²) in [5, 5.41) is 13.2. The van der Waals surface area contributed by atoms with Gasteiger partial charge in [-0.15, -0.1) is 0 Å². The quantitative estimate of drug-likeness (QED) is 0.707. The summed E-state index contributed by atoms with van der Waals surface area (Å²) in [7, 11) is 0. The number of β-amino-alcohol motifs (C(OH)–C–C–N with tert-alkyl or cyclic N) is 1. The molecule has 0 bridgehead atoms. The van der Waals surface area contributed by atoms with Crippen LogP contribution in [0.4, 0.5) is 0 Å². The molecule has 0 radical (unpaired) electrons. The lowest BCUT2D eigenvalue weighted by Gasteiger charge is -2.37. The molecule has 4 nitrogen and oxygen atoms in total. The zero-order chi connectivity index (χ0) is 12.8. The molecule has 0 aromatic heterocycles. The topological polar surface area (TPSA) is 38.7 Å². The van der Waals surface area contributed by atoms with Crippen molar-refractivity contribution in [2.45, 2.75) is 45.9 Å². The molecule has 0 spiro atoms. The zero-order valence-corrected chi connectivity index (χ0v) is 11.8. The smallest absolute Gasteiger partial charge is 0.0791 e. The Bertz CT molecular complexity index is 201. The van der Waals surface area contributed by atoms with Crippen LogP contribution in [0.5, 0.6) is 0 Å². The van der Waals surface area contributed by atoms with E-state index in [0.29, 0.717) is 18.6 Å². The van der Waals surface area contributed by atoms with Crippen molar-refractivity contribution in [3.05, 3.63) is 0 Å². The minimum atomic E-state index is -0.247. The van der Waals surface area contributed by atoms with Crippen LogP contribution in [0.25, 0.3) is 0 Å². The van der Waals surface area contributed by atoms with Crippen LogP contribution in [0, 0.1) is 0 Å². The number of piperazine rings is 1. The van der Waals surface area contributed by atoms with Crippen molar-refractivity contribution >= 4 is 0 Å². The van der Waals surface area contributed by atoms with Gasteiger partial charge in [-0.1, -0.05) is 13.8 Å². The maximum atomic E-state index is 9.91. The molecule has 17 heavy (non-hydrogen) atoms. The highest BCUT2D eigenvalue weighted by atomic mass is 16.3. The zero-order valence-electron chi connectivity index (χ0n) is 11.8. The van der Waals surface area contributed by atoms with Gasteiger partial charge in [-0.2, -0.15) is 0 Å². The maximum absolute atomic E-state index is 9.91. The fourth-order valence-corrected chi connectivity index (χ4v) is 2.20. The third-order valence-corrected chi connectivity index (χ3v) is 3.37. The summed E-state index contributed by atoms with van der Waals surface area (Å²) >= 11 is 0. The van der Waals surface area contributed by atoms with Crippen LogP contribution in [-0.4, -0.2) is 72.4 Å². The SMILES string of the molecule is CC(C)NCC(O)CN1CCN(C(C)C)CC1. The first kappa shape index (κ1) is 14.9. The van der Waals surface area contributed by atoms with E-state index in [1.54, 1.807) is 0 Å². The number of aliphatic hydroxyl groups excluding tert-OH is 1. The number of hydrogen-bond donors (Lipinski definition) is 2. The molecule has 102 valence electrons. The predicted molar refractivity (Wildman–Crippen MR) is 72.3 cm³/mol. The molecule has 1 unspecified atom stereocenters. The number of rotatable bonds is 6. The van der Waals surface area contributed by atoms with Crippen molar-refractivity contribution in [1.82, 2.24) is 15.1 Å². The van der Waals surface area contributed by atoms with E-state index in [4.69, 9.17) is 0 Å². The van der Waals surface area contributed by atoms with Gasteiger partial charge < -0.3 is 10.4 Å². The highest BCUT2D eigenvalue weighted by Gasteiger charge is 2.20. The van der Waals surface area contributed by atoms with E-state index < -0.39 is 0 Å². The summed E-state index contributed by atoms with van der Waals surface area (Å²) in [6, 6.07) is 1.09. The molecule has 1 heterocycles. The Morgan fingerprint density at radius 1 is 1.06 bits per heavy atom. The van der Waals surface area contributed by atoms with Crippen LogP contribution >= 0.6 is 0 Å². The van der Waals surface area contributed by atoms with E-state index in [2.05, 4.69) is 42.8 Å². The Kier molecular flexibility index (Phi) is 6.41. The van der Waals surface area contributed by atoms with Crippen molar-refractivity contribution in [2.75, 3.05) is 39.3 Å². The molecule has 0 aromatic rings. The Labute approximate surface area is 106 Å². The van der Waals surface area contributed by atoms with E-state index in [9.17, 15) is 5.11 Å². The largest absolute Gasteiger partial charge is 0.390 e. The molecule has 1 aliphatic rings. The second-order valence-corrected chi connectivity index (χ2v) is 5.65. The normalized spacial score (nSPS) is 21.4. The molecule has 2 N–H and O–H groups in total. The van der Waals surface area contributed by atoms with E-state index in [1.807, 2.05) is 0 Å². The van der Waals surface area contributed by atoms with Gasteiger partial charge in [0.15, 0.2) is 0 Å². The average Bonchev–Trinajstić information content (AvgIpc) is 2.27. The number of hydrogen-bond acceptors (Lipinski definition) is 4. The molecule has 1 aliphatic heterocycles. The van der Waals surface area contributed by atoms with E-state index in [-0.39, 0.29) is 6.10 Å². The fourth-order valence-electron chi connectivity index (χ4n) is 2.20. The van der Waals surface area contributed by atoms with Gasteiger partial charge in [0, 0.05) is 51.4 Å². The molecule has 1 rings (SSSR count). The lowest BCUT2D eigenvalue weighted by atomic mass is 10.2. The third kappa shape index (κ3) is 5.82. The first-order valence-corrected chi connectivity index (χ1v) is 6.87. The van der Waals surface area contributed by atoms with Gasteiger partial charge >= 0.3 is 0 Å². The van der Waals surface area contributed by atoms with Crippen molar-refractivity contribution in [2.24, 2.45) is 0 Å². The average molecular weight is 243 g/mol. The van der Waals surface area contributed by atoms with Crippen molar-refractivity contribution in [3.8, 4) is 0 Å². The molecule has 0 saturated carbocycles. The lowest BCUT2D eigenvalue weighted by Crippen LogP contribution is -2.51.